The molecular weight excluding hydrogens is 418 g/mol. The molecule has 0 saturated carbocycles. The lowest BCUT2D eigenvalue weighted by molar-refractivity contribution is -0.143. The van der Waals surface area contributed by atoms with Gasteiger partial charge >= 0.3 is 0 Å². The number of piperidine rings is 1. The molecule has 0 spiro atoms. The lowest BCUT2D eigenvalue weighted by Crippen LogP contribution is -2.48. The Morgan fingerprint density at radius 2 is 1.76 bits per heavy atom. The van der Waals surface area contributed by atoms with Crippen LogP contribution < -0.4 is 5.73 Å². The maximum Gasteiger partial charge on any atom is 0.254 e. The molecule has 2 amide bonds. The fourth-order valence-corrected chi connectivity index (χ4v) is 5.45. The molecule has 7 heteroatoms. The van der Waals surface area contributed by atoms with E-state index in [9.17, 15) is 19.8 Å². The number of nitrogens with two attached hydrogens (primary N) is 1. The Morgan fingerprint density at radius 3 is 2.39 bits per heavy atom. The van der Waals surface area contributed by atoms with Gasteiger partial charge in [-0.05, 0) is 54.9 Å². The van der Waals surface area contributed by atoms with E-state index in [1.807, 2.05) is 42.5 Å². The van der Waals surface area contributed by atoms with Crippen molar-refractivity contribution in [1.82, 2.24) is 9.80 Å². The van der Waals surface area contributed by atoms with Gasteiger partial charge in [0.05, 0.1) is 6.61 Å². The van der Waals surface area contributed by atoms with Crippen LogP contribution in [-0.4, -0.2) is 69.7 Å². The lowest BCUT2D eigenvalue weighted by Gasteiger charge is -2.40. The molecule has 0 aliphatic carbocycles. The van der Waals surface area contributed by atoms with Gasteiger partial charge in [-0.15, -0.1) is 0 Å². The Kier molecular flexibility index (Phi) is 7.42. The first kappa shape index (κ1) is 23.4. The van der Waals surface area contributed by atoms with Crippen LogP contribution in [-0.2, 0) is 11.3 Å². The highest BCUT2D eigenvalue weighted by atomic mass is 16.3. The molecule has 4 atom stereocenters. The second-order valence-corrected chi connectivity index (χ2v) is 9.22. The average molecular weight is 452 g/mol. The minimum absolute atomic E-state index is 0.398. The summed E-state index contributed by atoms with van der Waals surface area (Å²) in [6, 6.07) is 18.3. The molecule has 2 heterocycles. The van der Waals surface area contributed by atoms with E-state index in [0.717, 1.165) is 37.8 Å². The van der Waals surface area contributed by atoms with Crippen LogP contribution in [0, 0.1) is 0 Å². The maximum atomic E-state index is 12.7. The van der Waals surface area contributed by atoms with Crippen molar-refractivity contribution in [3.8, 4) is 0 Å². The van der Waals surface area contributed by atoms with Crippen molar-refractivity contribution in [2.75, 3.05) is 19.7 Å². The fourth-order valence-electron chi connectivity index (χ4n) is 5.45. The first-order valence-electron chi connectivity index (χ1n) is 11.7. The van der Waals surface area contributed by atoms with E-state index in [1.54, 1.807) is 11.0 Å². The molecule has 0 aromatic heterocycles. The highest BCUT2D eigenvalue weighted by Crippen LogP contribution is 2.43. The molecule has 4 rings (SSSR count). The van der Waals surface area contributed by atoms with E-state index in [0.29, 0.717) is 36.7 Å². The Labute approximate surface area is 194 Å². The quantitative estimate of drug-likeness (QED) is 0.540. The van der Waals surface area contributed by atoms with Gasteiger partial charge in [0, 0.05) is 37.3 Å². The van der Waals surface area contributed by atoms with Gasteiger partial charge in [0.15, 0.2) is 6.10 Å². The number of rotatable bonds is 9. The molecule has 176 valence electrons. The zero-order valence-corrected chi connectivity index (χ0v) is 18.8. The van der Waals surface area contributed by atoms with Crippen molar-refractivity contribution in [3.63, 3.8) is 0 Å². The smallest absolute Gasteiger partial charge is 0.254 e. The lowest BCUT2D eigenvalue weighted by atomic mass is 9.84. The third-order valence-electron chi connectivity index (χ3n) is 7.14. The average Bonchev–Trinajstić information content (AvgIpc) is 3.07. The Morgan fingerprint density at radius 1 is 1.06 bits per heavy atom. The topological polar surface area (TPSA) is 107 Å². The third kappa shape index (κ3) is 5.43. The number of primary amides is 1. The molecule has 2 aliphatic heterocycles. The first-order chi connectivity index (χ1) is 16.0. The number of nitrogens with zero attached hydrogens (tertiary/aromatic N) is 2. The van der Waals surface area contributed by atoms with Crippen molar-refractivity contribution in [2.24, 2.45) is 5.73 Å². The van der Waals surface area contributed by atoms with E-state index >= 15 is 0 Å². The molecule has 2 bridgehead atoms. The number of fused-ring (bicyclic) bond motifs is 2. The SMILES string of the molecule is NC(=O)c1cccc(C2C[C@H]3CC[C@@H](C2)N3CCN(Cc2ccccc2)C(=O)[C@@H](O)CO)c1. The minimum atomic E-state index is -1.39. The summed E-state index contributed by atoms with van der Waals surface area (Å²) < 4.78 is 0. The normalized spacial score (nSPS) is 23.3. The number of hydrogen-bond donors (Lipinski definition) is 3. The van der Waals surface area contributed by atoms with Crippen molar-refractivity contribution in [2.45, 2.75) is 56.3 Å². The Hall–Kier alpha value is -2.74. The molecule has 0 radical (unpaired) electrons. The summed E-state index contributed by atoms with van der Waals surface area (Å²) in [6.07, 6.45) is 2.90. The second kappa shape index (κ2) is 10.5. The van der Waals surface area contributed by atoms with Gasteiger partial charge in [-0.1, -0.05) is 42.5 Å². The van der Waals surface area contributed by atoms with Crippen molar-refractivity contribution >= 4 is 11.8 Å². The molecule has 2 aliphatic rings. The summed E-state index contributed by atoms with van der Waals surface area (Å²) in [5.41, 5.74) is 8.19. The highest BCUT2D eigenvalue weighted by Gasteiger charge is 2.41. The summed E-state index contributed by atoms with van der Waals surface area (Å²) in [7, 11) is 0. The van der Waals surface area contributed by atoms with E-state index in [1.165, 1.54) is 5.56 Å². The highest BCUT2D eigenvalue weighted by molar-refractivity contribution is 5.92. The molecule has 2 aromatic rings. The van der Waals surface area contributed by atoms with Crippen LogP contribution in [0.5, 0.6) is 0 Å². The van der Waals surface area contributed by atoms with Gasteiger partial charge in [-0.3, -0.25) is 14.5 Å². The number of carbonyl (C=O) groups is 2. The van der Waals surface area contributed by atoms with E-state index < -0.39 is 24.5 Å². The largest absolute Gasteiger partial charge is 0.393 e. The standard InChI is InChI=1S/C26H33N3O4/c27-25(32)20-8-4-7-19(13-20)21-14-22-9-10-23(15-21)29(22)12-11-28(26(33)24(31)17-30)16-18-5-2-1-3-6-18/h1-8,13,21-24,30-31H,9-12,14-17H2,(H2,27,32)/t21?,22-,23+,24-/m0/s1. The minimum Gasteiger partial charge on any atom is -0.393 e. The summed E-state index contributed by atoms with van der Waals surface area (Å²) in [5, 5.41) is 19.2. The molecule has 1 unspecified atom stereocenters. The zero-order valence-electron chi connectivity index (χ0n) is 18.8. The number of aliphatic hydroxyl groups is 2. The Bertz CT molecular complexity index is 953. The molecule has 2 saturated heterocycles. The maximum absolute atomic E-state index is 12.7. The predicted octanol–water partition coefficient (Wildman–Crippen LogP) is 1.88. The van der Waals surface area contributed by atoms with Crippen LogP contribution in [0.3, 0.4) is 0 Å². The van der Waals surface area contributed by atoms with Gasteiger partial charge in [0.1, 0.15) is 0 Å². The zero-order chi connectivity index (χ0) is 23.4. The summed E-state index contributed by atoms with van der Waals surface area (Å²) in [5.74, 6) is -0.436. The van der Waals surface area contributed by atoms with Gasteiger partial charge in [0.2, 0.25) is 5.91 Å². The van der Waals surface area contributed by atoms with Crippen LogP contribution in [0.2, 0.25) is 0 Å². The molecule has 2 aromatic carbocycles. The van der Waals surface area contributed by atoms with Crippen molar-refractivity contribution in [3.05, 3.63) is 71.3 Å². The fraction of sp³-hybridized carbons (Fsp3) is 0.462. The second-order valence-electron chi connectivity index (χ2n) is 9.22. The van der Waals surface area contributed by atoms with Gasteiger partial charge < -0.3 is 20.8 Å². The third-order valence-corrected chi connectivity index (χ3v) is 7.14. The van der Waals surface area contributed by atoms with Crippen LogP contribution in [0.15, 0.2) is 54.6 Å². The molecule has 2 fully saturated rings. The summed E-state index contributed by atoms with van der Waals surface area (Å²) >= 11 is 0. The molecule has 33 heavy (non-hydrogen) atoms. The van der Waals surface area contributed by atoms with E-state index in [-0.39, 0.29) is 0 Å². The van der Waals surface area contributed by atoms with Crippen molar-refractivity contribution in [1.29, 1.82) is 0 Å². The predicted molar refractivity (Wildman–Crippen MR) is 125 cm³/mol. The summed E-state index contributed by atoms with van der Waals surface area (Å²) in [6.45, 7) is 1.06. The molecule has 7 nitrogen and oxygen atoms in total. The Balaban J connectivity index is 1.42. The monoisotopic (exact) mass is 451 g/mol. The summed E-state index contributed by atoms with van der Waals surface area (Å²) in [4.78, 5) is 28.5. The van der Waals surface area contributed by atoms with Crippen LogP contribution in [0.1, 0.15) is 53.1 Å². The number of aliphatic hydroxyl groups excluding tert-OH is 2. The van der Waals surface area contributed by atoms with E-state index in [4.69, 9.17) is 5.73 Å². The molecular formula is C26H33N3O4. The van der Waals surface area contributed by atoms with Gasteiger partial charge in [-0.25, -0.2) is 0 Å². The number of amides is 2. The first-order valence-corrected chi connectivity index (χ1v) is 11.7. The number of carbonyl (C=O) groups excluding carboxylic acids is 2. The van der Waals surface area contributed by atoms with E-state index in [2.05, 4.69) is 11.0 Å². The molecule has 4 N–H and O–H groups in total. The van der Waals surface area contributed by atoms with Crippen LogP contribution >= 0.6 is 0 Å². The van der Waals surface area contributed by atoms with Gasteiger partial charge in [-0.2, -0.15) is 0 Å². The van der Waals surface area contributed by atoms with Crippen LogP contribution in [0.4, 0.5) is 0 Å². The van der Waals surface area contributed by atoms with Crippen LogP contribution in [0.25, 0.3) is 0 Å². The number of hydrogen-bond acceptors (Lipinski definition) is 5. The van der Waals surface area contributed by atoms with Crippen molar-refractivity contribution < 1.29 is 19.8 Å². The number of benzene rings is 2. The van der Waals surface area contributed by atoms with Gasteiger partial charge in [0.25, 0.3) is 5.91 Å².